The maximum absolute atomic E-state index is 10.5. The van der Waals surface area contributed by atoms with Gasteiger partial charge >= 0.3 is 0 Å². The maximum Gasteiger partial charge on any atom is 0.0998 e. The fraction of sp³-hybridized carbons (Fsp3) is 0.234. The Morgan fingerprint density at radius 2 is 1.48 bits per heavy atom. The minimum absolute atomic E-state index is 0.0855. The van der Waals surface area contributed by atoms with Crippen molar-refractivity contribution in [1.82, 2.24) is 4.40 Å². The van der Waals surface area contributed by atoms with Crippen molar-refractivity contribution in [1.29, 1.82) is 10.5 Å². The first kappa shape index (κ1) is 28.2. The van der Waals surface area contributed by atoms with Gasteiger partial charge in [-0.3, -0.25) is 0 Å². The van der Waals surface area contributed by atoms with Gasteiger partial charge in [-0.15, -0.1) is 0 Å². The molecule has 5 aromatic carbocycles. The predicted octanol–water partition coefficient (Wildman–Crippen LogP) is 12.0. The summed E-state index contributed by atoms with van der Waals surface area (Å²) in [5.41, 5.74) is 20.4. The number of nitriles is 2. The molecule has 50 heavy (non-hydrogen) atoms. The monoisotopic (exact) mass is 641 g/mol. The SMILES string of the molecule is CC1=Cc2c(c(C#N)cc3c2c2cc(-c4cccc5c4-c4ccccc4C5(C)C)cc4c5c6c(c(C#N)cc5n3c24)C=C2CCCC26)CCC1. The van der Waals surface area contributed by atoms with E-state index in [9.17, 15) is 10.5 Å². The molecule has 2 heterocycles. The van der Waals surface area contributed by atoms with Gasteiger partial charge in [-0.05, 0) is 125 Å². The lowest BCUT2D eigenvalue weighted by molar-refractivity contribution is 0.660. The minimum atomic E-state index is -0.0855. The van der Waals surface area contributed by atoms with Gasteiger partial charge in [0.1, 0.15) is 0 Å². The molecule has 0 N–H and O–H groups in total. The second-order valence-corrected chi connectivity index (χ2v) is 15.7. The first-order chi connectivity index (χ1) is 24.4. The van der Waals surface area contributed by atoms with E-state index in [2.05, 4.69) is 116 Å². The van der Waals surface area contributed by atoms with Crippen molar-refractivity contribution in [2.24, 2.45) is 0 Å². The molecule has 7 aromatic rings. The Kier molecular flexibility index (Phi) is 5.38. The quantitative estimate of drug-likeness (QED) is 0.179. The third-order valence-corrected chi connectivity index (χ3v) is 12.8. The molecule has 0 amide bonds. The maximum atomic E-state index is 10.5. The van der Waals surface area contributed by atoms with Crippen molar-refractivity contribution in [3.63, 3.8) is 0 Å². The van der Waals surface area contributed by atoms with E-state index in [0.717, 1.165) is 59.8 Å². The van der Waals surface area contributed by atoms with E-state index in [-0.39, 0.29) is 5.41 Å². The van der Waals surface area contributed by atoms with Crippen molar-refractivity contribution >= 4 is 50.2 Å². The van der Waals surface area contributed by atoms with Crippen LogP contribution in [0.1, 0.15) is 103 Å². The van der Waals surface area contributed by atoms with Gasteiger partial charge in [0.2, 0.25) is 0 Å². The summed E-state index contributed by atoms with van der Waals surface area (Å²) < 4.78 is 2.41. The van der Waals surface area contributed by atoms with Crippen LogP contribution < -0.4 is 0 Å². The molecule has 238 valence electrons. The van der Waals surface area contributed by atoms with E-state index in [1.54, 1.807) is 0 Å². The number of allylic oxidation sites excluding steroid dienone is 2. The van der Waals surface area contributed by atoms with E-state index >= 15 is 0 Å². The standard InChI is InChI=1S/C47H35N3/c1-25-9-6-12-30-28(23-48)21-40-43(35(30)17-25)36-19-27(32-14-8-16-39-42(32)33-11-4-5-15-38(33)47(39,2)3)20-37-45-41(50(40)46(36)37)22-29(24-49)34-18-26-10-7-13-31(26)44(34)45/h4-5,8,11,14-22,31H,6-7,9-10,12-13H2,1-3H3. The first-order valence-corrected chi connectivity index (χ1v) is 18.2. The molecule has 2 aromatic heterocycles. The average molecular weight is 642 g/mol. The topological polar surface area (TPSA) is 52.0 Å². The molecule has 4 aliphatic carbocycles. The molecule has 1 fully saturated rings. The van der Waals surface area contributed by atoms with Gasteiger partial charge < -0.3 is 4.40 Å². The van der Waals surface area contributed by atoms with Crippen LogP contribution in [0.3, 0.4) is 0 Å². The zero-order valence-corrected chi connectivity index (χ0v) is 28.7. The van der Waals surface area contributed by atoms with Gasteiger partial charge in [0.25, 0.3) is 0 Å². The van der Waals surface area contributed by atoms with Crippen LogP contribution in [0.15, 0.2) is 77.9 Å². The van der Waals surface area contributed by atoms with E-state index < -0.39 is 0 Å². The van der Waals surface area contributed by atoms with Gasteiger partial charge in [-0.1, -0.05) is 79.6 Å². The van der Waals surface area contributed by atoms with E-state index in [4.69, 9.17) is 0 Å². The van der Waals surface area contributed by atoms with Crippen LogP contribution in [0.5, 0.6) is 0 Å². The second-order valence-electron chi connectivity index (χ2n) is 15.7. The molecule has 4 aliphatic rings. The lowest BCUT2D eigenvalue weighted by Crippen LogP contribution is -2.14. The van der Waals surface area contributed by atoms with Crippen LogP contribution in [0.4, 0.5) is 0 Å². The molecule has 0 spiro atoms. The highest BCUT2D eigenvalue weighted by molar-refractivity contribution is 6.27. The van der Waals surface area contributed by atoms with E-state index in [1.165, 1.54) is 94.7 Å². The summed E-state index contributed by atoms with van der Waals surface area (Å²) in [5.74, 6) is 0.367. The van der Waals surface area contributed by atoms with Crippen molar-refractivity contribution in [3.05, 3.63) is 122 Å². The highest BCUT2D eigenvalue weighted by atomic mass is 14.9. The van der Waals surface area contributed by atoms with Gasteiger partial charge in [0, 0.05) is 32.9 Å². The van der Waals surface area contributed by atoms with Gasteiger partial charge in [0.05, 0.1) is 39.8 Å². The molecular formula is C47H35N3. The number of nitrogens with zero attached hydrogens (tertiary/aromatic N) is 3. The minimum Gasteiger partial charge on any atom is -0.308 e. The summed E-state index contributed by atoms with van der Waals surface area (Å²) in [6.45, 7) is 6.94. The highest BCUT2D eigenvalue weighted by Crippen LogP contribution is 2.56. The number of fused-ring (bicyclic) bond motifs is 15. The Bertz CT molecular complexity index is 2870. The lowest BCUT2D eigenvalue weighted by atomic mass is 9.82. The zero-order chi connectivity index (χ0) is 33.6. The fourth-order valence-electron chi connectivity index (χ4n) is 10.7. The van der Waals surface area contributed by atoms with E-state index in [1.807, 2.05) is 0 Å². The van der Waals surface area contributed by atoms with Crippen molar-refractivity contribution < 1.29 is 0 Å². The highest BCUT2D eigenvalue weighted by Gasteiger charge is 2.38. The summed E-state index contributed by atoms with van der Waals surface area (Å²) in [6, 6.07) is 30.2. The van der Waals surface area contributed by atoms with Crippen molar-refractivity contribution in [2.75, 3.05) is 0 Å². The molecular weight excluding hydrogens is 607 g/mol. The Labute approximate surface area is 291 Å². The summed E-state index contributed by atoms with van der Waals surface area (Å²) in [6.07, 6.45) is 11.1. The Hall–Kier alpha value is -5.64. The molecule has 3 heteroatoms. The molecule has 1 unspecified atom stereocenters. The molecule has 3 nitrogen and oxygen atoms in total. The van der Waals surface area contributed by atoms with Gasteiger partial charge in [0.15, 0.2) is 0 Å². The Morgan fingerprint density at radius 1 is 0.740 bits per heavy atom. The summed E-state index contributed by atoms with van der Waals surface area (Å²) in [7, 11) is 0. The summed E-state index contributed by atoms with van der Waals surface area (Å²) >= 11 is 0. The summed E-state index contributed by atoms with van der Waals surface area (Å²) in [5, 5.41) is 26.1. The van der Waals surface area contributed by atoms with Crippen LogP contribution in [0.2, 0.25) is 0 Å². The number of hydrogen-bond donors (Lipinski definition) is 0. The van der Waals surface area contributed by atoms with Crippen molar-refractivity contribution in [2.45, 2.75) is 70.6 Å². The Morgan fingerprint density at radius 3 is 2.32 bits per heavy atom. The lowest BCUT2D eigenvalue weighted by Gasteiger charge is -2.21. The fourth-order valence-corrected chi connectivity index (χ4v) is 10.7. The third kappa shape index (κ3) is 3.34. The van der Waals surface area contributed by atoms with E-state index in [0.29, 0.717) is 5.92 Å². The molecule has 0 bridgehead atoms. The van der Waals surface area contributed by atoms with Crippen LogP contribution >= 0.6 is 0 Å². The Balaban J connectivity index is 1.36. The van der Waals surface area contributed by atoms with Crippen LogP contribution in [0.25, 0.3) is 72.5 Å². The second kappa shape index (κ2) is 9.53. The van der Waals surface area contributed by atoms with Crippen LogP contribution in [0, 0.1) is 22.7 Å². The molecule has 0 aliphatic heterocycles. The van der Waals surface area contributed by atoms with Crippen LogP contribution in [-0.4, -0.2) is 4.40 Å². The average Bonchev–Trinajstić information content (AvgIpc) is 3.90. The molecule has 0 saturated heterocycles. The number of benzene rings is 5. The first-order valence-electron chi connectivity index (χ1n) is 18.2. The van der Waals surface area contributed by atoms with Gasteiger partial charge in [-0.25, -0.2) is 0 Å². The number of rotatable bonds is 1. The van der Waals surface area contributed by atoms with Gasteiger partial charge in [-0.2, -0.15) is 10.5 Å². The number of hydrogen-bond acceptors (Lipinski definition) is 2. The molecule has 1 saturated carbocycles. The van der Waals surface area contributed by atoms with Crippen molar-refractivity contribution in [3.8, 4) is 34.4 Å². The van der Waals surface area contributed by atoms with Crippen LogP contribution in [-0.2, 0) is 11.8 Å². The molecule has 1 atom stereocenters. The largest absolute Gasteiger partial charge is 0.308 e. The number of aromatic nitrogens is 1. The molecule has 11 rings (SSSR count). The predicted molar refractivity (Wildman–Crippen MR) is 205 cm³/mol. The molecule has 0 radical (unpaired) electrons. The third-order valence-electron chi connectivity index (χ3n) is 12.8. The normalized spacial score (nSPS) is 18.4. The zero-order valence-electron chi connectivity index (χ0n) is 28.7. The summed E-state index contributed by atoms with van der Waals surface area (Å²) in [4.78, 5) is 0. The smallest absolute Gasteiger partial charge is 0.0998 e.